The summed E-state index contributed by atoms with van der Waals surface area (Å²) in [6.07, 6.45) is 1.92. The van der Waals surface area contributed by atoms with Gasteiger partial charge < -0.3 is 10.2 Å². The third-order valence-electron chi connectivity index (χ3n) is 3.27. The first-order valence-electron chi connectivity index (χ1n) is 5.97. The van der Waals surface area contributed by atoms with Gasteiger partial charge in [0.05, 0.1) is 5.69 Å². The molecule has 0 radical (unpaired) electrons. The Balaban J connectivity index is 2.45. The highest BCUT2D eigenvalue weighted by Gasteiger charge is 2.24. The smallest absolute Gasteiger partial charge is 0.146 e. The largest absolute Gasteiger partial charge is 0.375 e. The summed E-state index contributed by atoms with van der Waals surface area (Å²) in [6, 6.07) is 2.43. The number of rotatable bonds is 2. The molecule has 1 aromatic rings. The van der Waals surface area contributed by atoms with Crippen LogP contribution in [0.2, 0.25) is 0 Å². The van der Waals surface area contributed by atoms with E-state index in [-0.39, 0.29) is 17.6 Å². The Morgan fingerprint density at radius 3 is 2.53 bits per heavy atom. The van der Waals surface area contributed by atoms with E-state index in [4.69, 9.17) is 0 Å². The molecular formula is C13H18F2N2. The molecule has 0 amide bonds. The predicted molar refractivity (Wildman–Crippen MR) is 65.5 cm³/mol. The standard InChI is InChI=1S/C13H18F2N2/c1-17(2)13-11(15)6-5-10(14)12(13)9-4-3-7-16-8-9/h5-6,9,16H,3-4,7-8H2,1-2H3. The predicted octanol–water partition coefficient (Wildman–Crippen LogP) is 2.50. The minimum absolute atomic E-state index is 0.0665. The van der Waals surface area contributed by atoms with Gasteiger partial charge in [-0.25, -0.2) is 8.78 Å². The second-order valence-corrected chi connectivity index (χ2v) is 4.73. The number of piperidine rings is 1. The summed E-state index contributed by atoms with van der Waals surface area (Å²) >= 11 is 0. The zero-order chi connectivity index (χ0) is 12.4. The number of hydrogen-bond acceptors (Lipinski definition) is 2. The summed E-state index contributed by atoms with van der Waals surface area (Å²) < 4.78 is 27.8. The van der Waals surface area contributed by atoms with Crippen LogP contribution < -0.4 is 10.2 Å². The lowest BCUT2D eigenvalue weighted by atomic mass is 9.89. The molecule has 1 aromatic carbocycles. The second-order valence-electron chi connectivity index (χ2n) is 4.73. The number of nitrogens with one attached hydrogen (secondary N) is 1. The summed E-state index contributed by atoms with van der Waals surface area (Å²) in [5, 5.41) is 3.24. The van der Waals surface area contributed by atoms with Gasteiger partial charge in [0, 0.05) is 32.1 Å². The maximum absolute atomic E-state index is 14.0. The normalized spacial score (nSPS) is 20.4. The van der Waals surface area contributed by atoms with Gasteiger partial charge in [-0.1, -0.05) is 0 Å². The Morgan fingerprint density at radius 2 is 1.94 bits per heavy atom. The molecule has 2 rings (SSSR count). The van der Waals surface area contributed by atoms with Crippen molar-refractivity contribution in [1.82, 2.24) is 5.32 Å². The van der Waals surface area contributed by atoms with Crippen molar-refractivity contribution in [2.24, 2.45) is 0 Å². The second kappa shape index (κ2) is 5.00. The van der Waals surface area contributed by atoms with Gasteiger partial charge in [-0.2, -0.15) is 0 Å². The van der Waals surface area contributed by atoms with Crippen molar-refractivity contribution in [3.05, 3.63) is 29.3 Å². The van der Waals surface area contributed by atoms with Crippen molar-refractivity contribution in [3.8, 4) is 0 Å². The van der Waals surface area contributed by atoms with Crippen LogP contribution in [0, 0.1) is 11.6 Å². The van der Waals surface area contributed by atoms with Gasteiger partial charge in [-0.15, -0.1) is 0 Å². The van der Waals surface area contributed by atoms with Crippen LogP contribution in [-0.4, -0.2) is 27.2 Å². The third kappa shape index (κ3) is 2.41. The first kappa shape index (κ1) is 12.3. The van der Waals surface area contributed by atoms with Crippen molar-refractivity contribution in [1.29, 1.82) is 0 Å². The van der Waals surface area contributed by atoms with Gasteiger partial charge in [0.15, 0.2) is 0 Å². The van der Waals surface area contributed by atoms with Gasteiger partial charge in [0.2, 0.25) is 0 Å². The average Bonchev–Trinajstić information content (AvgIpc) is 2.32. The molecule has 1 saturated heterocycles. The highest BCUT2D eigenvalue weighted by atomic mass is 19.1. The Bertz CT molecular complexity index is 399. The van der Waals surface area contributed by atoms with Crippen LogP contribution in [0.1, 0.15) is 24.3 Å². The van der Waals surface area contributed by atoms with Crippen molar-refractivity contribution < 1.29 is 8.78 Å². The number of halogens is 2. The van der Waals surface area contributed by atoms with Crippen molar-refractivity contribution in [2.45, 2.75) is 18.8 Å². The van der Waals surface area contributed by atoms with Crippen LogP contribution in [0.25, 0.3) is 0 Å². The molecule has 94 valence electrons. The number of benzene rings is 1. The number of anilines is 1. The van der Waals surface area contributed by atoms with E-state index in [1.807, 2.05) is 0 Å². The monoisotopic (exact) mass is 240 g/mol. The fourth-order valence-electron chi connectivity index (χ4n) is 2.50. The van der Waals surface area contributed by atoms with Crippen LogP contribution in [0.5, 0.6) is 0 Å². The SMILES string of the molecule is CN(C)c1c(F)ccc(F)c1C1CCCNC1. The molecule has 0 aromatic heterocycles. The fourth-order valence-corrected chi connectivity index (χ4v) is 2.50. The van der Waals surface area contributed by atoms with Crippen LogP contribution in [0.4, 0.5) is 14.5 Å². The van der Waals surface area contributed by atoms with Crippen LogP contribution >= 0.6 is 0 Å². The molecule has 2 nitrogen and oxygen atoms in total. The van der Waals surface area contributed by atoms with Crippen molar-refractivity contribution >= 4 is 5.69 Å². The van der Waals surface area contributed by atoms with Crippen molar-refractivity contribution in [2.75, 3.05) is 32.1 Å². The molecule has 17 heavy (non-hydrogen) atoms. The summed E-state index contributed by atoms with van der Waals surface area (Å²) in [7, 11) is 3.50. The zero-order valence-corrected chi connectivity index (χ0v) is 10.3. The highest BCUT2D eigenvalue weighted by Crippen LogP contribution is 2.34. The van der Waals surface area contributed by atoms with Gasteiger partial charge in [0.25, 0.3) is 0 Å². The lowest BCUT2D eigenvalue weighted by molar-refractivity contribution is 0.444. The minimum Gasteiger partial charge on any atom is -0.375 e. The van der Waals surface area contributed by atoms with E-state index in [9.17, 15) is 8.78 Å². The van der Waals surface area contributed by atoms with Crippen LogP contribution in [-0.2, 0) is 0 Å². The third-order valence-corrected chi connectivity index (χ3v) is 3.27. The molecule has 1 aliphatic heterocycles. The fraction of sp³-hybridized carbons (Fsp3) is 0.538. The van der Waals surface area contributed by atoms with Crippen LogP contribution in [0.3, 0.4) is 0 Å². The van der Waals surface area contributed by atoms with Gasteiger partial charge in [0.1, 0.15) is 11.6 Å². The highest BCUT2D eigenvalue weighted by molar-refractivity contribution is 5.56. The molecule has 1 unspecified atom stereocenters. The summed E-state index contributed by atoms with van der Waals surface area (Å²) in [5.74, 6) is -0.586. The maximum atomic E-state index is 14.0. The Labute approximate surface area is 101 Å². The average molecular weight is 240 g/mol. The minimum atomic E-state index is -0.350. The zero-order valence-electron chi connectivity index (χ0n) is 10.3. The molecular weight excluding hydrogens is 222 g/mol. The Morgan fingerprint density at radius 1 is 1.24 bits per heavy atom. The van der Waals surface area contributed by atoms with E-state index in [2.05, 4.69) is 5.32 Å². The summed E-state index contributed by atoms with van der Waals surface area (Å²) in [4.78, 5) is 1.66. The van der Waals surface area contributed by atoms with Crippen LogP contribution in [0.15, 0.2) is 12.1 Å². The molecule has 0 aliphatic carbocycles. The quantitative estimate of drug-likeness (QED) is 0.854. The first-order chi connectivity index (χ1) is 8.11. The summed E-state index contributed by atoms with van der Waals surface area (Å²) in [5.41, 5.74) is 0.904. The number of hydrogen-bond donors (Lipinski definition) is 1. The van der Waals surface area contributed by atoms with E-state index in [1.165, 1.54) is 12.1 Å². The molecule has 1 aliphatic rings. The van der Waals surface area contributed by atoms with E-state index < -0.39 is 0 Å². The Hall–Kier alpha value is -1.16. The molecule has 1 heterocycles. The molecule has 1 fully saturated rings. The summed E-state index contributed by atoms with van der Waals surface area (Å²) in [6.45, 7) is 1.69. The first-order valence-corrected chi connectivity index (χ1v) is 5.97. The van der Waals surface area contributed by atoms with E-state index >= 15 is 0 Å². The maximum Gasteiger partial charge on any atom is 0.146 e. The van der Waals surface area contributed by atoms with Gasteiger partial charge in [-0.05, 0) is 31.5 Å². The topological polar surface area (TPSA) is 15.3 Å². The number of nitrogens with zero attached hydrogens (tertiary/aromatic N) is 1. The van der Waals surface area contributed by atoms with Crippen molar-refractivity contribution in [3.63, 3.8) is 0 Å². The molecule has 0 bridgehead atoms. The van der Waals surface area contributed by atoms with E-state index in [0.29, 0.717) is 11.3 Å². The molecule has 1 atom stereocenters. The van der Waals surface area contributed by atoms with E-state index in [0.717, 1.165) is 25.9 Å². The lowest BCUT2D eigenvalue weighted by Gasteiger charge is -2.28. The van der Waals surface area contributed by atoms with Gasteiger partial charge in [-0.3, -0.25) is 0 Å². The molecule has 0 saturated carbocycles. The molecule has 0 spiro atoms. The van der Waals surface area contributed by atoms with E-state index in [1.54, 1.807) is 19.0 Å². The lowest BCUT2D eigenvalue weighted by Crippen LogP contribution is -2.30. The van der Waals surface area contributed by atoms with Gasteiger partial charge >= 0.3 is 0 Å². The molecule has 4 heteroatoms. The Kier molecular flexibility index (Phi) is 3.62. The molecule has 1 N–H and O–H groups in total.